The summed E-state index contributed by atoms with van der Waals surface area (Å²) in [4.78, 5) is 22.9. The Morgan fingerprint density at radius 3 is 1.11 bits per heavy atom. The van der Waals surface area contributed by atoms with Crippen LogP contribution < -0.4 is 9.47 Å². The summed E-state index contributed by atoms with van der Waals surface area (Å²) in [5.74, 6) is 3.52. The van der Waals surface area contributed by atoms with Gasteiger partial charge in [0.05, 0.1) is 0 Å². The van der Waals surface area contributed by atoms with Gasteiger partial charge in [-0.25, -0.2) is 9.59 Å². The largest absolute Gasteiger partial charge is 0.423 e. The van der Waals surface area contributed by atoms with E-state index in [0.29, 0.717) is 11.5 Å². The zero-order valence-corrected chi connectivity index (χ0v) is 22.0. The first kappa shape index (κ1) is 26.9. The molecule has 0 amide bonds. The van der Waals surface area contributed by atoms with Gasteiger partial charge in [-0.05, 0) is 86.5 Å². The third-order valence-corrected chi connectivity index (χ3v) is 6.62. The second-order valence-corrected chi connectivity index (χ2v) is 9.24. The minimum absolute atomic E-state index is 0. The van der Waals surface area contributed by atoms with Crippen LogP contribution in [-0.4, -0.2) is 11.9 Å². The van der Waals surface area contributed by atoms with Crippen LogP contribution in [0.1, 0.15) is 38.5 Å². The van der Waals surface area contributed by atoms with Crippen LogP contribution >= 0.6 is 0 Å². The molecule has 0 aliphatic heterocycles. The number of carbonyl (C=O) groups is 2. The molecule has 5 heteroatoms. The van der Waals surface area contributed by atoms with Gasteiger partial charge >= 0.3 is 11.9 Å². The maximum atomic E-state index is 11.5. The van der Waals surface area contributed by atoms with E-state index in [1.54, 1.807) is 48.5 Å². The van der Waals surface area contributed by atoms with E-state index in [1.807, 2.05) is 12.1 Å². The van der Waals surface area contributed by atoms with E-state index in [9.17, 15) is 9.59 Å². The van der Waals surface area contributed by atoms with Gasteiger partial charge in [0.25, 0.3) is 0 Å². The first-order valence-electron chi connectivity index (χ1n) is 12.2. The average Bonchev–Trinajstić information content (AvgIpc) is 3.69. The van der Waals surface area contributed by atoms with Gasteiger partial charge in [0.2, 0.25) is 0 Å². The third-order valence-electron chi connectivity index (χ3n) is 6.62. The van der Waals surface area contributed by atoms with Gasteiger partial charge in [0.1, 0.15) is 11.5 Å². The molecule has 2 aromatic carbocycles. The monoisotopic (exact) mass is 651 g/mol. The van der Waals surface area contributed by atoms with Crippen molar-refractivity contribution in [1.29, 1.82) is 0 Å². The Bertz CT molecular complexity index is 921. The zero-order chi connectivity index (χ0) is 23.6. The molecule has 0 unspecified atom stereocenters. The summed E-state index contributed by atoms with van der Waals surface area (Å²) in [7, 11) is 0. The molecule has 0 saturated heterocycles. The Labute approximate surface area is 222 Å². The smallest absolute Gasteiger partial charge is 0.336 e. The second kappa shape index (κ2) is 14.0. The molecule has 4 aliphatic carbocycles. The number of fused-ring (bicyclic) bond motifs is 4. The summed E-state index contributed by atoms with van der Waals surface area (Å²) in [6.45, 7) is 0. The van der Waals surface area contributed by atoms with Gasteiger partial charge in [-0.15, -0.1) is 0 Å². The summed E-state index contributed by atoms with van der Waals surface area (Å²) in [6.07, 6.45) is 20.4. The van der Waals surface area contributed by atoms with Gasteiger partial charge in [-0.2, -0.15) is 0 Å². The Morgan fingerprint density at radius 2 is 0.886 bits per heavy atom. The van der Waals surface area contributed by atoms with Crippen molar-refractivity contribution in [2.24, 2.45) is 23.7 Å². The van der Waals surface area contributed by atoms with Crippen molar-refractivity contribution in [2.75, 3.05) is 0 Å². The van der Waals surface area contributed by atoms with Crippen molar-refractivity contribution in [1.82, 2.24) is 0 Å². The van der Waals surface area contributed by atoms with E-state index in [2.05, 4.69) is 24.3 Å². The first-order chi connectivity index (χ1) is 16.6. The molecular formula is C30H32O4Pt. The fourth-order valence-electron chi connectivity index (χ4n) is 4.85. The van der Waals surface area contributed by atoms with Crippen LogP contribution in [0.2, 0.25) is 0 Å². The summed E-state index contributed by atoms with van der Waals surface area (Å²) in [5, 5.41) is 0. The number of esters is 2. The molecule has 0 aromatic heterocycles. The van der Waals surface area contributed by atoms with Crippen molar-refractivity contribution >= 4 is 11.9 Å². The van der Waals surface area contributed by atoms with Crippen molar-refractivity contribution in [2.45, 2.75) is 38.5 Å². The standard InChI is InChI=1S/C16H12O4.2C7H10.Pt/c17-15(19-13-7-3-1-4-8-13)11-12-16(18)20-14-9-5-2-6-10-14;2*1-2-7-4-3-6(1)5-7;/h1-12H;2*1-2,6-7H,3-5H2;/b12-11+;;;/t;2*6-,7+;. The van der Waals surface area contributed by atoms with E-state index >= 15 is 0 Å². The minimum Gasteiger partial charge on any atom is -0.423 e. The van der Waals surface area contributed by atoms with Crippen molar-refractivity contribution in [3.8, 4) is 11.5 Å². The van der Waals surface area contributed by atoms with E-state index < -0.39 is 11.9 Å². The summed E-state index contributed by atoms with van der Waals surface area (Å²) >= 11 is 0. The molecular weight excluding hydrogens is 619 g/mol. The molecule has 0 radical (unpaired) electrons. The number of ether oxygens (including phenoxy) is 2. The second-order valence-electron chi connectivity index (χ2n) is 9.24. The molecule has 4 atom stereocenters. The fourth-order valence-corrected chi connectivity index (χ4v) is 4.85. The molecule has 0 spiro atoms. The molecule has 186 valence electrons. The predicted molar refractivity (Wildman–Crippen MR) is 133 cm³/mol. The predicted octanol–water partition coefficient (Wildman–Crippen LogP) is 6.70. The van der Waals surface area contributed by atoms with Crippen LogP contribution in [0.5, 0.6) is 11.5 Å². The summed E-state index contributed by atoms with van der Waals surface area (Å²) in [6, 6.07) is 17.2. The number of rotatable bonds is 4. The Kier molecular flexibility index (Phi) is 10.8. The number of carbonyl (C=O) groups excluding carboxylic acids is 2. The Morgan fingerprint density at radius 1 is 0.571 bits per heavy atom. The molecule has 2 aromatic rings. The maximum absolute atomic E-state index is 11.5. The molecule has 4 aliphatic rings. The SMILES string of the molecule is C1=C[C@H]2CC[C@@H]1C2.C1=C[C@H]2CC[C@@H]1C2.O=C(/C=C/C(=O)Oc1ccccc1)Oc1ccccc1.[Pt]. The van der Waals surface area contributed by atoms with Crippen LogP contribution in [0.3, 0.4) is 0 Å². The third kappa shape index (κ3) is 9.11. The number of allylic oxidation sites excluding steroid dienone is 4. The molecule has 6 rings (SSSR count). The number of hydrogen-bond acceptors (Lipinski definition) is 4. The van der Waals surface area contributed by atoms with E-state index in [1.165, 1.54) is 38.5 Å². The molecule has 4 bridgehead atoms. The molecule has 0 N–H and O–H groups in total. The van der Waals surface area contributed by atoms with Gasteiger partial charge < -0.3 is 9.47 Å². The van der Waals surface area contributed by atoms with Crippen molar-refractivity contribution in [3.05, 3.63) is 97.1 Å². The topological polar surface area (TPSA) is 52.6 Å². The minimum atomic E-state index is -0.638. The number of benzene rings is 2. The van der Waals surface area contributed by atoms with Crippen LogP contribution in [0.25, 0.3) is 0 Å². The van der Waals surface area contributed by atoms with E-state index in [4.69, 9.17) is 9.47 Å². The molecule has 2 saturated carbocycles. The molecule has 35 heavy (non-hydrogen) atoms. The van der Waals surface area contributed by atoms with Gasteiger partial charge in [0.15, 0.2) is 0 Å². The van der Waals surface area contributed by atoms with Crippen LogP contribution in [0.4, 0.5) is 0 Å². The molecule has 2 fully saturated rings. The van der Waals surface area contributed by atoms with E-state index in [-0.39, 0.29) is 21.1 Å². The first-order valence-corrected chi connectivity index (χ1v) is 12.2. The van der Waals surface area contributed by atoms with Gasteiger partial charge in [0, 0.05) is 33.2 Å². The zero-order valence-electron chi connectivity index (χ0n) is 19.7. The number of para-hydroxylation sites is 2. The van der Waals surface area contributed by atoms with Gasteiger partial charge in [-0.1, -0.05) is 60.7 Å². The van der Waals surface area contributed by atoms with Crippen LogP contribution in [0, 0.1) is 23.7 Å². The molecule has 0 heterocycles. The average molecular weight is 652 g/mol. The molecule has 4 nitrogen and oxygen atoms in total. The Hall–Kier alpha value is -2.71. The normalized spacial score (nSPS) is 24.1. The van der Waals surface area contributed by atoms with Crippen molar-refractivity contribution in [3.63, 3.8) is 0 Å². The summed E-state index contributed by atoms with van der Waals surface area (Å²) in [5.41, 5.74) is 0. The van der Waals surface area contributed by atoms with Crippen LogP contribution in [-0.2, 0) is 30.7 Å². The number of hydrogen-bond donors (Lipinski definition) is 0. The van der Waals surface area contributed by atoms with Gasteiger partial charge in [-0.3, -0.25) is 0 Å². The fraction of sp³-hybridized carbons (Fsp3) is 0.333. The quantitative estimate of drug-likeness (QED) is 0.160. The van der Waals surface area contributed by atoms with Crippen LogP contribution in [0.15, 0.2) is 97.1 Å². The van der Waals surface area contributed by atoms with Crippen molar-refractivity contribution < 1.29 is 40.1 Å². The maximum Gasteiger partial charge on any atom is 0.336 e. The van der Waals surface area contributed by atoms with E-state index in [0.717, 1.165) is 35.8 Å². The summed E-state index contributed by atoms with van der Waals surface area (Å²) < 4.78 is 9.96. The Balaban J connectivity index is 0.000000182.